The number of Topliss-reactive ketones (excluding diaryl/α,β-unsaturated/α-hetero) is 2. The van der Waals surface area contributed by atoms with Crippen LogP contribution in [0.4, 0.5) is 11.4 Å². The standard InChI is InChI=1S/C22H22N2O4S/c1-13(25)15-7-3-5-9-17(15)23-21(27)19-11-12-20(29-19)22(28)24-18-10-6-4-8-16(18)14(2)26/h3-10,19-20H,11-12H2,1-2H3,(H,23,27)(H,24,28)/t19-,20-/m1/s1. The lowest BCUT2D eigenvalue weighted by Crippen LogP contribution is -2.26. The SMILES string of the molecule is CC(=O)c1ccccc1NC(=O)[C@H]1CC[C@H](C(=O)Nc2ccccc2C(C)=O)S1. The fraction of sp³-hybridized carbons (Fsp3) is 0.273. The summed E-state index contributed by atoms with van der Waals surface area (Å²) >= 11 is 1.30. The van der Waals surface area contributed by atoms with Crippen molar-refractivity contribution in [3.63, 3.8) is 0 Å². The fourth-order valence-electron chi connectivity index (χ4n) is 3.25. The van der Waals surface area contributed by atoms with Crippen LogP contribution in [0.3, 0.4) is 0 Å². The number of amides is 2. The van der Waals surface area contributed by atoms with Gasteiger partial charge < -0.3 is 10.6 Å². The van der Waals surface area contributed by atoms with E-state index in [0.717, 1.165) is 0 Å². The molecule has 3 rings (SSSR count). The molecule has 0 spiro atoms. The van der Waals surface area contributed by atoms with Crippen molar-refractivity contribution in [1.29, 1.82) is 0 Å². The maximum Gasteiger partial charge on any atom is 0.237 e. The van der Waals surface area contributed by atoms with Crippen LogP contribution in [0.5, 0.6) is 0 Å². The summed E-state index contributed by atoms with van der Waals surface area (Å²) in [5.41, 5.74) is 1.88. The third kappa shape index (κ3) is 4.92. The maximum absolute atomic E-state index is 12.6. The van der Waals surface area contributed by atoms with Crippen molar-refractivity contribution in [2.75, 3.05) is 10.6 Å². The summed E-state index contributed by atoms with van der Waals surface area (Å²) in [7, 11) is 0. The molecule has 2 atom stereocenters. The van der Waals surface area contributed by atoms with Crippen LogP contribution >= 0.6 is 11.8 Å². The van der Waals surface area contributed by atoms with E-state index in [2.05, 4.69) is 10.6 Å². The Balaban J connectivity index is 1.63. The molecule has 2 aromatic carbocycles. The highest BCUT2D eigenvalue weighted by Crippen LogP contribution is 2.35. The third-order valence-electron chi connectivity index (χ3n) is 4.73. The van der Waals surface area contributed by atoms with E-state index < -0.39 is 0 Å². The van der Waals surface area contributed by atoms with Crippen LogP contribution < -0.4 is 10.6 Å². The van der Waals surface area contributed by atoms with E-state index in [1.54, 1.807) is 48.5 Å². The number of hydrogen-bond donors (Lipinski definition) is 2. The first-order valence-electron chi connectivity index (χ1n) is 9.34. The van der Waals surface area contributed by atoms with Gasteiger partial charge in [-0.05, 0) is 51.0 Å². The van der Waals surface area contributed by atoms with Gasteiger partial charge in [-0.3, -0.25) is 19.2 Å². The van der Waals surface area contributed by atoms with E-state index >= 15 is 0 Å². The monoisotopic (exact) mass is 410 g/mol. The average Bonchev–Trinajstić information content (AvgIpc) is 3.19. The summed E-state index contributed by atoms with van der Waals surface area (Å²) in [6.45, 7) is 2.91. The van der Waals surface area contributed by atoms with Crippen LogP contribution in [0.2, 0.25) is 0 Å². The van der Waals surface area contributed by atoms with E-state index in [9.17, 15) is 19.2 Å². The largest absolute Gasteiger partial charge is 0.324 e. The van der Waals surface area contributed by atoms with Gasteiger partial charge in [0, 0.05) is 11.1 Å². The van der Waals surface area contributed by atoms with Gasteiger partial charge in [0.15, 0.2) is 11.6 Å². The summed E-state index contributed by atoms with van der Waals surface area (Å²) in [5, 5.41) is 4.86. The van der Waals surface area contributed by atoms with Crippen molar-refractivity contribution < 1.29 is 19.2 Å². The number of nitrogens with one attached hydrogen (secondary N) is 2. The van der Waals surface area contributed by atoms with E-state index in [4.69, 9.17) is 0 Å². The molecule has 150 valence electrons. The molecule has 0 saturated carbocycles. The molecule has 2 amide bonds. The van der Waals surface area contributed by atoms with E-state index in [1.165, 1.54) is 25.6 Å². The Kier molecular flexibility index (Phi) is 6.49. The van der Waals surface area contributed by atoms with Crippen LogP contribution in [0.25, 0.3) is 0 Å². The molecule has 2 N–H and O–H groups in total. The normalized spacial score (nSPS) is 18.1. The molecular weight excluding hydrogens is 388 g/mol. The first kappa shape index (κ1) is 20.8. The van der Waals surface area contributed by atoms with Gasteiger partial charge in [-0.15, -0.1) is 11.8 Å². The smallest absolute Gasteiger partial charge is 0.237 e. The molecule has 6 nitrogen and oxygen atoms in total. The van der Waals surface area contributed by atoms with Crippen LogP contribution in [-0.2, 0) is 9.59 Å². The molecule has 1 saturated heterocycles. The van der Waals surface area contributed by atoms with Gasteiger partial charge in [0.1, 0.15) is 0 Å². The van der Waals surface area contributed by atoms with Gasteiger partial charge in [0.2, 0.25) is 11.8 Å². The number of carbonyl (C=O) groups is 4. The lowest BCUT2D eigenvalue weighted by atomic mass is 10.1. The van der Waals surface area contributed by atoms with Crippen molar-refractivity contribution in [1.82, 2.24) is 0 Å². The van der Waals surface area contributed by atoms with Gasteiger partial charge >= 0.3 is 0 Å². The Labute approximate surface area is 173 Å². The Bertz CT molecular complexity index is 895. The minimum atomic E-state index is -0.381. The number of anilines is 2. The first-order valence-corrected chi connectivity index (χ1v) is 10.3. The number of benzene rings is 2. The highest BCUT2D eigenvalue weighted by Gasteiger charge is 2.35. The molecule has 0 bridgehead atoms. The van der Waals surface area contributed by atoms with Crippen molar-refractivity contribution in [2.45, 2.75) is 37.2 Å². The summed E-state index contributed by atoms with van der Waals surface area (Å²) in [6.07, 6.45) is 1.12. The van der Waals surface area contributed by atoms with Gasteiger partial charge in [-0.2, -0.15) is 0 Å². The lowest BCUT2D eigenvalue weighted by Gasteiger charge is -2.14. The highest BCUT2D eigenvalue weighted by molar-refractivity contribution is 8.02. The second-order valence-electron chi connectivity index (χ2n) is 6.87. The molecule has 0 unspecified atom stereocenters. The minimum absolute atomic E-state index is 0.124. The summed E-state index contributed by atoms with van der Waals surface area (Å²) in [4.78, 5) is 48.7. The average molecular weight is 410 g/mol. The minimum Gasteiger partial charge on any atom is -0.324 e. The highest BCUT2D eigenvalue weighted by atomic mass is 32.2. The van der Waals surface area contributed by atoms with E-state index in [-0.39, 0.29) is 33.9 Å². The molecular formula is C22H22N2O4S. The summed E-state index contributed by atoms with van der Waals surface area (Å²) < 4.78 is 0. The molecule has 1 aliphatic heterocycles. The molecule has 1 aliphatic rings. The first-order chi connectivity index (χ1) is 13.9. The van der Waals surface area contributed by atoms with Gasteiger partial charge in [-0.1, -0.05) is 24.3 Å². The molecule has 2 aromatic rings. The molecule has 0 aliphatic carbocycles. The summed E-state index contributed by atoms with van der Waals surface area (Å²) in [5.74, 6) is -0.686. The van der Waals surface area contributed by atoms with Crippen molar-refractivity contribution in [2.24, 2.45) is 0 Å². The number of hydrogen-bond acceptors (Lipinski definition) is 5. The number of para-hydroxylation sites is 2. The zero-order chi connectivity index (χ0) is 21.0. The van der Waals surface area contributed by atoms with Gasteiger partial charge in [-0.25, -0.2) is 0 Å². The lowest BCUT2D eigenvalue weighted by molar-refractivity contribution is -0.116. The zero-order valence-electron chi connectivity index (χ0n) is 16.2. The molecule has 29 heavy (non-hydrogen) atoms. The third-order valence-corrected chi connectivity index (χ3v) is 6.29. The molecule has 1 fully saturated rings. The van der Waals surface area contributed by atoms with Gasteiger partial charge in [0.25, 0.3) is 0 Å². The van der Waals surface area contributed by atoms with Gasteiger partial charge in [0.05, 0.1) is 21.9 Å². The Morgan fingerprint density at radius 2 is 1.10 bits per heavy atom. The second-order valence-corrected chi connectivity index (χ2v) is 8.28. The summed E-state index contributed by atoms with van der Waals surface area (Å²) in [6, 6.07) is 13.7. The Morgan fingerprint density at radius 1 is 0.724 bits per heavy atom. The number of carbonyl (C=O) groups excluding carboxylic acids is 4. The molecule has 0 aromatic heterocycles. The predicted molar refractivity (Wildman–Crippen MR) is 115 cm³/mol. The predicted octanol–water partition coefficient (Wildman–Crippen LogP) is 3.93. The number of rotatable bonds is 6. The Morgan fingerprint density at radius 3 is 1.48 bits per heavy atom. The molecule has 7 heteroatoms. The number of thioether (sulfide) groups is 1. The van der Waals surface area contributed by atoms with Crippen LogP contribution in [0, 0.1) is 0 Å². The van der Waals surface area contributed by atoms with E-state index in [0.29, 0.717) is 35.3 Å². The van der Waals surface area contributed by atoms with Crippen LogP contribution in [0.1, 0.15) is 47.4 Å². The molecule has 1 heterocycles. The van der Waals surface area contributed by atoms with Crippen molar-refractivity contribution in [3.05, 3.63) is 59.7 Å². The molecule has 0 radical (unpaired) electrons. The quantitative estimate of drug-likeness (QED) is 0.704. The van der Waals surface area contributed by atoms with Crippen molar-refractivity contribution >= 4 is 46.5 Å². The second kappa shape index (κ2) is 9.05. The fourth-order valence-corrected chi connectivity index (χ4v) is 4.55. The van der Waals surface area contributed by atoms with Crippen LogP contribution in [-0.4, -0.2) is 33.9 Å². The van der Waals surface area contributed by atoms with E-state index in [1.807, 2.05) is 0 Å². The number of ketones is 2. The Hall–Kier alpha value is -2.93. The topological polar surface area (TPSA) is 92.3 Å². The zero-order valence-corrected chi connectivity index (χ0v) is 17.0. The van der Waals surface area contributed by atoms with Crippen LogP contribution in [0.15, 0.2) is 48.5 Å². The maximum atomic E-state index is 12.6. The van der Waals surface area contributed by atoms with Crippen molar-refractivity contribution in [3.8, 4) is 0 Å².